The molecule has 5 rings (SSSR count). The van der Waals surface area contributed by atoms with Gasteiger partial charge in [-0.1, -0.05) is 12.1 Å². The van der Waals surface area contributed by atoms with Gasteiger partial charge in [-0.25, -0.2) is 4.98 Å². The second-order valence-corrected chi connectivity index (χ2v) is 7.85. The predicted molar refractivity (Wildman–Crippen MR) is 107 cm³/mol. The van der Waals surface area contributed by atoms with E-state index in [9.17, 15) is 4.79 Å². The average Bonchev–Trinajstić information content (AvgIpc) is 3.30. The summed E-state index contributed by atoms with van der Waals surface area (Å²) in [4.78, 5) is 21.3. The van der Waals surface area contributed by atoms with Crippen LogP contribution in [0.5, 0.6) is 0 Å². The zero-order valence-corrected chi connectivity index (χ0v) is 15.9. The number of benzene rings is 1. The van der Waals surface area contributed by atoms with Gasteiger partial charge in [-0.2, -0.15) is 0 Å². The van der Waals surface area contributed by atoms with E-state index in [1.807, 2.05) is 36.4 Å². The molecule has 0 fully saturated rings. The number of fused-ring (bicyclic) bond motifs is 2. The largest absolute Gasteiger partial charge is 0.347 e. The Labute approximate surface area is 165 Å². The third-order valence-electron chi connectivity index (χ3n) is 4.99. The molecule has 1 amide bonds. The van der Waals surface area contributed by atoms with Crippen LogP contribution in [0.15, 0.2) is 48.8 Å². The minimum absolute atomic E-state index is 0.0861. The maximum atomic E-state index is 12.7. The number of carbonyl (C=O) groups is 1. The lowest BCUT2D eigenvalue weighted by Gasteiger charge is -2.15. The SMILES string of the molecule is O=C(NC1CCc2nnc(-c3cccnc3)n2CC1)c1nc2ccccc2s1. The number of para-hydroxylation sites is 1. The van der Waals surface area contributed by atoms with E-state index in [-0.39, 0.29) is 11.9 Å². The molecule has 4 heterocycles. The van der Waals surface area contributed by atoms with E-state index in [0.717, 1.165) is 53.2 Å². The van der Waals surface area contributed by atoms with Gasteiger partial charge in [-0.3, -0.25) is 9.78 Å². The first-order valence-electron chi connectivity index (χ1n) is 9.27. The molecule has 1 aliphatic heterocycles. The molecule has 0 saturated carbocycles. The number of pyridine rings is 1. The second kappa shape index (κ2) is 7.12. The molecule has 1 N–H and O–H groups in total. The highest BCUT2D eigenvalue weighted by Gasteiger charge is 2.23. The molecule has 0 aliphatic carbocycles. The minimum atomic E-state index is -0.101. The van der Waals surface area contributed by atoms with Gasteiger partial charge in [0.05, 0.1) is 10.2 Å². The van der Waals surface area contributed by atoms with E-state index >= 15 is 0 Å². The summed E-state index contributed by atoms with van der Waals surface area (Å²) in [6, 6.07) is 11.8. The quantitative estimate of drug-likeness (QED) is 0.581. The van der Waals surface area contributed by atoms with E-state index in [4.69, 9.17) is 0 Å². The summed E-state index contributed by atoms with van der Waals surface area (Å²) in [5.74, 6) is 1.69. The average molecular weight is 390 g/mol. The Hall–Kier alpha value is -3.13. The summed E-state index contributed by atoms with van der Waals surface area (Å²) in [6.07, 6.45) is 5.99. The summed E-state index contributed by atoms with van der Waals surface area (Å²) in [6.45, 7) is 0.761. The van der Waals surface area contributed by atoms with Gasteiger partial charge in [-0.05, 0) is 37.1 Å². The first-order valence-corrected chi connectivity index (χ1v) is 10.1. The van der Waals surface area contributed by atoms with Crippen molar-refractivity contribution in [3.05, 3.63) is 59.6 Å². The number of hydrogen-bond donors (Lipinski definition) is 1. The van der Waals surface area contributed by atoms with Gasteiger partial charge in [0.1, 0.15) is 5.82 Å². The molecule has 0 spiro atoms. The van der Waals surface area contributed by atoms with Crippen LogP contribution >= 0.6 is 11.3 Å². The van der Waals surface area contributed by atoms with Crippen molar-refractivity contribution in [2.75, 3.05) is 0 Å². The fourth-order valence-corrected chi connectivity index (χ4v) is 4.43. The lowest BCUT2D eigenvalue weighted by Crippen LogP contribution is -2.35. The summed E-state index contributed by atoms with van der Waals surface area (Å²) < 4.78 is 3.17. The standard InChI is InChI=1S/C20H18N6OS/c27-19(20-23-15-5-1-2-6-16(15)28-20)22-14-7-8-17-24-25-18(26(17)11-9-14)13-4-3-10-21-12-13/h1-6,10,12,14H,7-9,11H2,(H,22,27). The Morgan fingerprint density at radius 3 is 2.93 bits per heavy atom. The molecule has 8 heteroatoms. The number of rotatable bonds is 3. The fourth-order valence-electron chi connectivity index (χ4n) is 3.56. The van der Waals surface area contributed by atoms with Crippen molar-refractivity contribution < 1.29 is 4.79 Å². The lowest BCUT2D eigenvalue weighted by molar-refractivity contribution is 0.0933. The van der Waals surface area contributed by atoms with Crippen LogP contribution in [0.25, 0.3) is 21.6 Å². The van der Waals surface area contributed by atoms with Crippen LogP contribution < -0.4 is 5.32 Å². The van der Waals surface area contributed by atoms with E-state index in [2.05, 4.69) is 30.0 Å². The van der Waals surface area contributed by atoms with E-state index in [0.29, 0.717) is 5.01 Å². The minimum Gasteiger partial charge on any atom is -0.347 e. The lowest BCUT2D eigenvalue weighted by atomic mass is 10.1. The number of thiazole rings is 1. The molecule has 3 aromatic heterocycles. The molecule has 1 atom stereocenters. The molecule has 0 radical (unpaired) electrons. The number of aromatic nitrogens is 5. The molecule has 140 valence electrons. The number of aryl methyl sites for hydroxylation is 1. The van der Waals surface area contributed by atoms with Gasteiger partial charge in [0.2, 0.25) is 0 Å². The fraction of sp³-hybridized carbons (Fsp3) is 0.250. The Morgan fingerprint density at radius 2 is 2.07 bits per heavy atom. The van der Waals surface area contributed by atoms with Crippen LogP contribution in [0.2, 0.25) is 0 Å². The number of nitrogens with zero attached hydrogens (tertiary/aromatic N) is 5. The smallest absolute Gasteiger partial charge is 0.280 e. The third kappa shape index (κ3) is 3.16. The molecule has 0 saturated heterocycles. The van der Waals surface area contributed by atoms with E-state index < -0.39 is 0 Å². The van der Waals surface area contributed by atoms with Gasteiger partial charge >= 0.3 is 0 Å². The highest BCUT2D eigenvalue weighted by molar-refractivity contribution is 7.20. The highest BCUT2D eigenvalue weighted by Crippen LogP contribution is 2.24. The summed E-state index contributed by atoms with van der Waals surface area (Å²) in [5, 5.41) is 12.4. The Morgan fingerprint density at radius 1 is 1.14 bits per heavy atom. The summed E-state index contributed by atoms with van der Waals surface area (Å²) in [5.41, 5.74) is 1.82. The zero-order valence-electron chi connectivity index (χ0n) is 15.1. The molecule has 7 nitrogen and oxygen atoms in total. The van der Waals surface area contributed by atoms with Gasteiger partial charge in [0, 0.05) is 37.0 Å². The Bertz CT molecular complexity index is 1100. The second-order valence-electron chi connectivity index (χ2n) is 6.82. The monoisotopic (exact) mass is 390 g/mol. The van der Waals surface area contributed by atoms with Crippen LogP contribution in [0.3, 0.4) is 0 Å². The Kier molecular flexibility index (Phi) is 4.32. The van der Waals surface area contributed by atoms with Crippen LogP contribution in [-0.4, -0.2) is 36.7 Å². The molecule has 0 bridgehead atoms. The number of nitrogens with one attached hydrogen (secondary N) is 1. The molecular weight excluding hydrogens is 372 g/mol. The maximum Gasteiger partial charge on any atom is 0.280 e. The first kappa shape index (κ1) is 17.0. The van der Waals surface area contributed by atoms with Gasteiger partial charge in [-0.15, -0.1) is 21.5 Å². The van der Waals surface area contributed by atoms with Crippen molar-refractivity contribution in [2.45, 2.75) is 31.8 Å². The summed E-state index contributed by atoms with van der Waals surface area (Å²) in [7, 11) is 0. The first-order chi connectivity index (χ1) is 13.8. The molecule has 1 aromatic carbocycles. The maximum absolute atomic E-state index is 12.7. The molecule has 28 heavy (non-hydrogen) atoms. The molecular formula is C20H18N6OS. The number of carbonyl (C=O) groups excluding carboxylic acids is 1. The van der Waals surface area contributed by atoms with Crippen molar-refractivity contribution >= 4 is 27.5 Å². The van der Waals surface area contributed by atoms with Crippen LogP contribution in [0.1, 0.15) is 28.5 Å². The van der Waals surface area contributed by atoms with Gasteiger partial charge in [0.15, 0.2) is 10.8 Å². The van der Waals surface area contributed by atoms with E-state index in [1.165, 1.54) is 11.3 Å². The molecule has 4 aromatic rings. The van der Waals surface area contributed by atoms with Crippen molar-refractivity contribution in [2.24, 2.45) is 0 Å². The van der Waals surface area contributed by atoms with Crippen LogP contribution in [-0.2, 0) is 13.0 Å². The number of amides is 1. The van der Waals surface area contributed by atoms with Crippen molar-refractivity contribution in [3.63, 3.8) is 0 Å². The third-order valence-corrected chi connectivity index (χ3v) is 6.02. The predicted octanol–water partition coefficient (Wildman–Crippen LogP) is 3.08. The number of hydrogen-bond acceptors (Lipinski definition) is 6. The summed E-state index contributed by atoms with van der Waals surface area (Å²) >= 11 is 1.43. The Balaban J connectivity index is 1.31. The zero-order chi connectivity index (χ0) is 18.9. The van der Waals surface area contributed by atoms with Gasteiger partial charge in [0.25, 0.3) is 5.91 Å². The van der Waals surface area contributed by atoms with Crippen molar-refractivity contribution in [3.8, 4) is 11.4 Å². The molecule has 1 aliphatic rings. The normalized spacial score (nSPS) is 16.5. The van der Waals surface area contributed by atoms with Crippen molar-refractivity contribution in [1.82, 2.24) is 30.0 Å². The topological polar surface area (TPSA) is 85.6 Å². The van der Waals surface area contributed by atoms with Gasteiger partial charge < -0.3 is 9.88 Å². The van der Waals surface area contributed by atoms with Crippen LogP contribution in [0.4, 0.5) is 0 Å². The van der Waals surface area contributed by atoms with Crippen LogP contribution in [0, 0.1) is 0 Å². The van der Waals surface area contributed by atoms with Crippen molar-refractivity contribution in [1.29, 1.82) is 0 Å². The van der Waals surface area contributed by atoms with E-state index in [1.54, 1.807) is 12.4 Å². The molecule has 1 unspecified atom stereocenters. The highest BCUT2D eigenvalue weighted by atomic mass is 32.1.